The molecule has 1 amide bonds. The van der Waals surface area contributed by atoms with Crippen LogP contribution in [0.1, 0.15) is 31.8 Å². The molecule has 110 valence electrons. The fourth-order valence-corrected chi connectivity index (χ4v) is 3.30. The zero-order valence-corrected chi connectivity index (χ0v) is 12.6. The van der Waals surface area contributed by atoms with Gasteiger partial charge in [-0.05, 0) is 17.9 Å². The Morgan fingerprint density at radius 2 is 2.19 bits per heavy atom. The highest BCUT2D eigenvalue weighted by Crippen LogP contribution is 2.31. The van der Waals surface area contributed by atoms with Crippen molar-refractivity contribution in [1.82, 2.24) is 19.9 Å². The van der Waals surface area contributed by atoms with Crippen LogP contribution in [0.25, 0.3) is 0 Å². The SMILES string of the molecule is Cc1csc(C(=O)N2CC(n3cc(C(=O)O)nn3)C2)c1Cl. The number of aromatic carboxylic acids is 1. The maximum absolute atomic E-state index is 12.3. The van der Waals surface area contributed by atoms with Crippen LogP contribution in [0, 0.1) is 6.92 Å². The van der Waals surface area contributed by atoms with Gasteiger partial charge in [-0.1, -0.05) is 16.8 Å². The van der Waals surface area contributed by atoms with Crippen molar-refractivity contribution in [2.75, 3.05) is 13.1 Å². The third kappa shape index (κ3) is 2.40. The Hall–Kier alpha value is -1.93. The van der Waals surface area contributed by atoms with Gasteiger partial charge in [-0.2, -0.15) is 0 Å². The minimum Gasteiger partial charge on any atom is -0.476 e. The van der Waals surface area contributed by atoms with E-state index in [1.807, 2.05) is 12.3 Å². The number of amides is 1. The number of carbonyl (C=O) groups excluding carboxylic acids is 1. The maximum Gasteiger partial charge on any atom is 0.358 e. The summed E-state index contributed by atoms with van der Waals surface area (Å²) in [5.41, 5.74) is 0.793. The van der Waals surface area contributed by atoms with Gasteiger partial charge in [0, 0.05) is 13.1 Å². The number of likely N-dealkylation sites (tertiary alicyclic amines) is 1. The number of carboxylic acids is 1. The molecule has 2 aromatic rings. The van der Waals surface area contributed by atoms with Gasteiger partial charge in [0.2, 0.25) is 0 Å². The van der Waals surface area contributed by atoms with Crippen molar-refractivity contribution >= 4 is 34.8 Å². The molecule has 0 radical (unpaired) electrons. The van der Waals surface area contributed by atoms with Crippen molar-refractivity contribution in [3.8, 4) is 0 Å². The molecule has 1 saturated heterocycles. The van der Waals surface area contributed by atoms with Gasteiger partial charge in [0.05, 0.1) is 17.3 Å². The molecule has 0 saturated carbocycles. The first-order valence-electron chi connectivity index (χ1n) is 6.15. The first-order valence-corrected chi connectivity index (χ1v) is 7.41. The van der Waals surface area contributed by atoms with E-state index < -0.39 is 5.97 Å². The smallest absolute Gasteiger partial charge is 0.358 e. The summed E-state index contributed by atoms with van der Waals surface area (Å²) >= 11 is 7.42. The summed E-state index contributed by atoms with van der Waals surface area (Å²) in [5, 5.41) is 18.5. The van der Waals surface area contributed by atoms with Crippen LogP contribution in [0.5, 0.6) is 0 Å². The minimum absolute atomic E-state index is 0.0469. The van der Waals surface area contributed by atoms with Crippen LogP contribution in [0.3, 0.4) is 0 Å². The lowest BCUT2D eigenvalue weighted by molar-refractivity contribution is 0.0502. The summed E-state index contributed by atoms with van der Waals surface area (Å²) in [7, 11) is 0. The van der Waals surface area contributed by atoms with E-state index >= 15 is 0 Å². The minimum atomic E-state index is -1.12. The van der Waals surface area contributed by atoms with E-state index in [4.69, 9.17) is 16.7 Å². The number of nitrogens with zero attached hydrogens (tertiary/aromatic N) is 4. The molecular weight excluding hydrogens is 316 g/mol. The molecule has 3 rings (SSSR count). The Labute approximate surface area is 128 Å². The first kappa shape index (κ1) is 14.0. The Kier molecular flexibility index (Phi) is 3.42. The van der Waals surface area contributed by atoms with Crippen LogP contribution < -0.4 is 0 Å². The molecule has 21 heavy (non-hydrogen) atoms. The number of hydrogen-bond donors (Lipinski definition) is 1. The van der Waals surface area contributed by atoms with Crippen molar-refractivity contribution in [3.05, 3.63) is 32.7 Å². The molecule has 3 heterocycles. The van der Waals surface area contributed by atoms with Crippen molar-refractivity contribution < 1.29 is 14.7 Å². The van der Waals surface area contributed by atoms with Crippen LogP contribution in [0.4, 0.5) is 0 Å². The molecule has 0 atom stereocenters. The Morgan fingerprint density at radius 3 is 2.71 bits per heavy atom. The van der Waals surface area contributed by atoms with Crippen LogP contribution in [-0.4, -0.2) is 50.0 Å². The molecular formula is C12H11ClN4O3S. The summed E-state index contributed by atoms with van der Waals surface area (Å²) in [6.07, 6.45) is 1.37. The second-order valence-corrected chi connectivity index (χ2v) is 6.07. The normalized spacial score (nSPS) is 15.0. The van der Waals surface area contributed by atoms with E-state index in [1.165, 1.54) is 22.2 Å². The van der Waals surface area contributed by atoms with Crippen molar-refractivity contribution in [2.45, 2.75) is 13.0 Å². The summed E-state index contributed by atoms with van der Waals surface area (Å²) in [4.78, 5) is 25.2. The molecule has 0 aromatic carbocycles. The maximum atomic E-state index is 12.3. The van der Waals surface area contributed by atoms with Gasteiger partial charge >= 0.3 is 5.97 Å². The van der Waals surface area contributed by atoms with Crippen molar-refractivity contribution in [1.29, 1.82) is 0 Å². The second kappa shape index (κ2) is 5.12. The van der Waals surface area contributed by atoms with E-state index in [0.717, 1.165) is 5.56 Å². The molecule has 0 aliphatic carbocycles. The van der Waals surface area contributed by atoms with E-state index in [2.05, 4.69) is 10.3 Å². The lowest BCUT2D eigenvalue weighted by Crippen LogP contribution is -2.50. The Balaban J connectivity index is 1.66. The fourth-order valence-electron chi connectivity index (χ4n) is 2.06. The molecule has 1 aliphatic rings. The quantitative estimate of drug-likeness (QED) is 0.927. The fraction of sp³-hybridized carbons (Fsp3) is 0.333. The van der Waals surface area contributed by atoms with Gasteiger partial charge in [0.25, 0.3) is 5.91 Å². The highest BCUT2D eigenvalue weighted by molar-refractivity contribution is 7.13. The third-order valence-electron chi connectivity index (χ3n) is 3.35. The number of hydrogen-bond acceptors (Lipinski definition) is 5. The van der Waals surface area contributed by atoms with Gasteiger partial charge in [-0.15, -0.1) is 16.4 Å². The lowest BCUT2D eigenvalue weighted by atomic mass is 10.1. The predicted molar refractivity (Wildman–Crippen MR) is 76.0 cm³/mol. The Bertz CT molecular complexity index is 720. The van der Waals surface area contributed by atoms with Gasteiger partial charge in [-0.3, -0.25) is 4.79 Å². The molecule has 0 bridgehead atoms. The number of thiophene rings is 1. The van der Waals surface area contributed by atoms with Gasteiger partial charge in [0.15, 0.2) is 5.69 Å². The van der Waals surface area contributed by atoms with Crippen LogP contribution >= 0.6 is 22.9 Å². The first-order chi connectivity index (χ1) is 9.97. The molecule has 7 nitrogen and oxygen atoms in total. The number of aryl methyl sites for hydroxylation is 1. The number of carbonyl (C=O) groups is 2. The molecule has 9 heteroatoms. The summed E-state index contributed by atoms with van der Waals surface area (Å²) < 4.78 is 1.48. The van der Waals surface area contributed by atoms with Crippen molar-refractivity contribution in [3.63, 3.8) is 0 Å². The number of halogens is 1. The van der Waals surface area contributed by atoms with E-state index in [0.29, 0.717) is 23.0 Å². The zero-order chi connectivity index (χ0) is 15.1. The highest BCUT2D eigenvalue weighted by atomic mass is 35.5. The molecule has 1 aliphatic heterocycles. The monoisotopic (exact) mass is 326 g/mol. The topological polar surface area (TPSA) is 88.3 Å². The van der Waals surface area contributed by atoms with Gasteiger partial charge < -0.3 is 10.0 Å². The lowest BCUT2D eigenvalue weighted by Gasteiger charge is -2.38. The zero-order valence-electron chi connectivity index (χ0n) is 11.0. The average Bonchev–Trinajstić information content (AvgIpc) is 2.97. The molecule has 2 aromatic heterocycles. The highest BCUT2D eigenvalue weighted by Gasteiger charge is 2.35. The van der Waals surface area contributed by atoms with Crippen LogP contribution in [0.2, 0.25) is 5.02 Å². The van der Waals surface area contributed by atoms with Crippen molar-refractivity contribution in [2.24, 2.45) is 0 Å². The van der Waals surface area contributed by atoms with Crippen LogP contribution in [0.15, 0.2) is 11.6 Å². The summed E-state index contributed by atoms with van der Waals surface area (Å²) in [6, 6.07) is -0.0469. The molecule has 1 fully saturated rings. The van der Waals surface area contributed by atoms with Crippen LogP contribution in [-0.2, 0) is 0 Å². The third-order valence-corrected chi connectivity index (χ3v) is 5.03. The van der Waals surface area contributed by atoms with Gasteiger partial charge in [-0.25, -0.2) is 9.48 Å². The molecule has 0 spiro atoms. The number of aromatic nitrogens is 3. The Morgan fingerprint density at radius 1 is 1.48 bits per heavy atom. The largest absolute Gasteiger partial charge is 0.476 e. The van der Waals surface area contributed by atoms with E-state index in [9.17, 15) is 9.59 Å². The number of carboxylic acid groups (broad SMARTS) is 1. The summed E-state index contributed by atoms with van der Waals surface area (Å²) in [5.74, 6) is -1.22. The average molecular weight is 327 g/mol. The van der Waals surface area contributed by atoms with Gasteiger partial charge in [0.1, 0.15) is 4.88 Å². The second-order valence-electron chi connectivity index (χ2n) is 4.81. The molecule has 1 N–H and O–H groups in total. The standard InChI is InChI=1S/C12H11ClN4O3S/c1-6-5-21-10(9(6)13)11(18)16-2-7(3-16)17-4-8(12(19)20)14-15-17/h4-5,7H,2-3H2,1H3,(H,19,20). The number of rotatable bonds is 3. The molecule has 0 unspecified atom stereocenters. The summed E-state index contributed by atoms with van der Waals surface area (Å²) in [6.45, 7) is 2.79. The predicted octanol–water partition coefficient (Wildman–Crippen LogP) is 1.70. The van der Waals surface area contributed by atoms with E-state index in [1.54, 1.807) is 4.90 Å². The van der Waals surface area contributed by atoms with E-state index in [-0.39, 0.29) is 17.6 Å².